The number of aliphatic hydroxyl groups is 1. The zero-order chi connectivity index (χ0) is 19.6. The van der Waals surface area contributed by atoms with Gasteiger partial charge >= 0.3 is 0 Å². The SMILES string of the molecule is CCNC(=NCc1ncc(C)c(OC)c1C)NCCC(O)c1ccccc1. The number of aliphatic imine (C=N–C) groups is 1. The molecule has 0 spiro atoms. The van der Waals surface area contributed by atoms with Crippen LogP contribution in [-0.2, 0) is 6.54 Å². The Morgan fingerprint density at radius 2 is 1.96 bits per heavy atom. The fraction of sp³-hybridized carbons (Fsp3) is 0.429. The third-order valence-corrected chi connectivity index (χ3v) is 4.38. The number of guanidine groups is 1. The molecule has 6 heteroatoms. The summed E-state index contributed by atoms with van der Waals surface area (Å²) in [5.41, 5.74) is 3.84. The lowest BCUT2D eigenvalue weighted by molar-refractivity contribution is 0.168. The molecular weight excluding hydrogens is 340 g/mol. The Kier molecular flexibility index (Phi) is 8.07. The van der Waals surface area contributed by atoms with Crippen LogP contribution in [0.3, 0.4) is 0 Å². The number of hydrogen-bond donors (Lipinski definition) is 3. The molecule has 1 aromatic heterocycles. The molecule has 1 unspecified atom stereocenters. The molecule has 6 nitrogen and oxygen atoms in total. The molecule has 0 bridgehead atoms. The van der Waals surface area contributed by atoms with Crippen molar-refractivity contribution in [3.05, 3.63) is 58.9 Å². The third kappa shape index (κ3) is 5.96. The van der Waals surface area contributed by atoms with E-state index in [4.69, 9.17) is 4.74 Å². The van der Waals surface area contributed by atoms with E-state index in [1.807, 2.05) is 57.3 Å². The minimum Gasteiger partial charge on any atom is -0.496 e. The maximum Gasteiger partial charge on any atom is 0.191 e. The van der Waals surface area contributed by atoms with E-state index < -0.39 is 6.10 Å². The zero-order valence-electron chi connectivity index (χ0n) is 16.6. The summed E-state index contributed by atoms with van der Waals surface area (Å²) in [4.78, 5) is 9.10. The Bertz CT molecular complexity index is 747. The van der Waals surface area contributed by atoms with Crippen LogP contribution in [0.2, 0.25) is 0 Å². The fourth-order valence-corrected chi connectivity index (χ4v) is 2.90. The van der Waals surface area contributed by atoms with Crippen molar-refractivity contribution in [2.45, 2.75) is 39.8 Å². The molecule has 2 rings (SSSR count). The Morgan fingerprint density at radius 1 is 1.22 bits per heavy atom. The quantitative estimate of drug-likeness (QED) is 0.492. The summed E-state index contributed by atoms with van der Waals surface area (Å²) in [7, 11) is 1.67. The molecule has 0 saturated carbocycles. The molecule has 2 aromatic rings. The number of hydrogen-bond acceptors (Lipinski definition) is 4. The molecule has 0 aliphatic heterocycles. The van der Waals surface area contributed by atoms with Gasteiger partial charge in [0.05, 0.1) is 25.5 Å². The van der Waals surface area contributed by atoms with Gasteiger partial charge in [-0.25, -0.2) is 4.99 Å². The van der Waals surface area contributed by atoms with Gasteiger partial charge in [0.15, 0.2) is 5.96 Å². The number of benzene rings is 1. The Hall–Kier alpha value is -2.60. The van der Waals surface area contributed by atoms with Crippen molar-refractivity contribution in [1.82, 2.24) is 15.6 Å². The zero-order valence-corrected chi connectivity index (χ0v) is 16.6. The summed E-state index contributed by atoms with van der Waals surface area (Å²) in [5.74, 6) is 1.57. The smallest absolute Gasteiger partial charge is 0.191 e. The predicted octanol–water partition coefficient (Wildman–Crippen LogP) is 2.89. The fourth-order valence-electron chi connectivity index (χ4n) is 2.90. The second kappa shape index (κ2) is 10.5. The third-order valence-electron chi connectivity index (χ3n) is 4.38. The number of ether oxygens (including phenoxy) is 1. The second-order valence-corrected chi connectivity index (χ2v) is 6.38. The standard InChI is InChI=1S/C21H30N4O2/c1-5-22-21(23-12-11-19(26)17-9-7-6-8-10-17)25-14-18-16(3)20(27-4)15(2)13-24-18/h6-10,13,19,26H,5,11-12,14H2,1-4H3,(H2,22,23,25). The average Bonchev–Trinajstić information content (AvgIpc) is 2.68. The first kappa shape index (κ1) is 20.7. The van der Waals surface area contributed by atoms with Gasteiger partial charge in [-0.3, -0.25) is 4.98 Å². The van der Waals surface area contributed by atoms with Gasteiger partial charge < -0.3 is 20.5 Å². The molecule has 0 aliphatic rings. The number of aromatic nitrogens is 1. The molecule has 0 aliphatic carbocycles. The van der Waals surface area contributed by atoms with Crippen LogP contribution in [0.15, 0.2) is 41.5 Å². The van der Waals surface area contributed by atoms with Crippen LogP contribution in [0, 0.1) is 13.8 Å². The molecule has 0 radical (unpaired) electrons. The van der Waals surface area contributed by atoms with E-state index in [-0.39, 0.29) is 0 Å². The molecule has 27 heavy (non-hydrogen) atoms. The number of aliphatic hydroxyl groups excluding tert-OH is 1. The van der Waals surface area contributed by atoms with Crippen molar-refractivity contribution in [3.63, 3.8) is 0 Å². The number of nitrogens with zero attached hydrogens (tertiary/aromatic N) is 2. The van der Waals surface area contributed by atoms with Gasteiger partial charge in [-0.05, 0) is 32.8 Å². The molecule has 1 atom stereocenters. The van der Waals surface area contributed by atoms with Crippen molar-refractivity contribution in [2.75, 3.05) is 20.2 Å². The Balaban J connectivity index is 1.96. The number of aryl methyl sites for hydroxylation is 1. The van der Waals surface area contributed by atoms with Crippen molar-refractivity contribution in [2.24, 2.45) is 4.99 Å². The first-order chi connectivity index (χ1) is 13.1. The highest BCUT2D eigenvalue weighted by Gasteiger charge is 2.10. The van der Waals surface area contributed by atoms with E-state index in [1.165, 1.54) is 0 Å². The average molecular weight is 370 g/mol. The predicted molar refractivity (Wildman–Crippen MR) is 109 cm³/mol. The topological polar surface area (TPSA) is 78.8 Å². The molecule has 146 valence electrons. The van der Waals surface area contributed by atoms with Crippen molar-refractivity contribution < 1.29 is 9.84 Å². The van der Waals surface area contributed by atoms with Crippen LogP contribution in [0.25, 0.3) is 0 Å². The van der Waals surface area contributed by atoms with Gasteiger partial charge in [0.2, 0.25) is 0 Å². The molecule has 1 heterocycles. The molecule has 3 N–H and O–H groups in total. The molecular formula is C21H30N4O2. The van der Waals surface area contributed by atoms with Gasteiger partial charge in [-0.15, -0.1) is 0 Å². The maximum absolute atomic E-state index is 10.3. The van der Waals surface area contributed by atoms with E-state index in [1.54, 1.807) is 7.11 Å². The maximum atomic E-state index is 10.3. The van der Waals surface area contributed by atoms with Gasteiger partial charge in [-0.2, -0.15) is 0 Å². The molecule has 0 saturated heterocycles. The van der Waals surface area contributed by atoms with E-state index in [2.05, 4.69) is 20.6 Å². The first-order valence-corrected chi connectivity index (χ1v) is 9.31. The van der Waals surface area contributed by atoms with Crippen LogP contribution in [-0.4, -0.2) is 36.2 Å². The van der Waals surface area contributed by atoms with E-state index >= 15 is 0 Å². The second-order valence-electron chi connectivity index (χ2n) is 6.38. The summed E-state index contributed by atoms with van der Waals surface area (Å²) < 4.78 is 5.46. The van der Waals surface area contributed by atoms with Gasteiger partial charge in [0, 0.05) is 30.4 Å². The lowest BCUT2D eigenvalue weighted by Gasteiger charge is -2.15. The Morgan fingerprint density at radius 3 is 2.63 bits per heavy atom. The summed E-state index contributed by atoms with van der Waals surface area (Å²) in [6.07, 6.45) is 1.92. The largest absolute Gasteiger partial charge is 0.496 e. The van der Waals surface area contributed by atoms with Crippen LogP contribution >= 0.6 is 0 Å². The molecule has 0 amide bonds. The van der Waals surface area contributed by atoms with Crippen LogP contribution in [0.4, 0.5) is 0 Å². The minimum atomic E-state index is -0.494. The van der Waals surface area contributed by atoms with Crippen LogP contribution < -0.4 is 15.4 Å². The summed E-state index contributed by atoms with van der Waals surface area (Å²) in [6, 6.07) is 9.68. The number of rotatable bonds is 8. The number of methoxy groups -OCH3 is 1. The molecule has 1 aromatic carbocycles. The minimum absolute atomic E-state index is 0.457. The van der Waals surface area contributed by atoms with Gasteiger partial charge in [-0.1, -0.05) is 30.3 Å². The van der Waals surface area contributed by atoms with Gasteiger partial charge in [0.1, 0.15) is 5.75 Å². The molecule has 0 fully saturated rings. The summed E-state index contributed by atoms with van der Waals surface area (Å²) >= 11 is 0. The number of nitrogens with one attached hydrogen (secondary N) is 2. The highest BCUT2D eigenvalue weighted by atomic mass is 16.5. The van der Waals surface area contributed by atoms with Crippen molar-refractivity contribution in [3.8, 4) is 5.75 Å². The van der Waals surface area contributed by atoms with E-state index in [0.717, 1.165) is 34.7 Å². The highest BCUT2D eigenvalue weighted by molar-refractivity contribution is 5.79. The van der Waals surface area contributed by atoms with E-state index in [0.29, 0.717) is 25.5 Å². The highest BCUT2D eigenvalue weighted by Crippen LogP contribution is 2.24. The summed E-state index contributed by atoms with van der Waals surface area (Å²) in [5, 5.41) is 16.8. The van der Waals surface area contributed by atoms with Crippen LogP contribution in [0.5, 0.6) is 5.75 Å². The van der Waals surface area contributed by atoms with Crippen molar-refractivity contribution >= 4 is 5.96 Å². The van der Waals surface area contributed by atoms with Crippen molar-refractivity contribution in [1.29, 1.82) is 0 Å². The first-order valence-electron chi connectivity index (χ1n) is 9.31. The van der Waals surface area contributed by atoms with Gasteiger partial charge in [0.25, 0.3) is 0 Å². The van der Waals surface area contributed by atoms with Crippen LogP contribution in [0.1, 0.15) is 41.8 Å². The lowest BCUT2D eigenvalue weighted by Crippen LogP contribution is -2.38. The lowest BCUT2D eigenvalue weighted by atomic mass is 10.1. The number of pyridine rings is 1. The normalized spacial score (nSPS) is 12.6. The Labute approximate surface area is 161 Å². The monoisotopic (exact) mass is 370 g/mol. The van der Waals surface area contributed by atoms with E-state index in [9.17, 15) is 5.11 Å². The summed E-state index contributed by atoms with van der Waals surface area (Å²) in [6.45, 7) is 7.84.